The lowest BCUT2D eigenvalue weighted by molar-refractivity contribution is 0.477. The van der Waals surface area contributed by atoms with Gasteiger partial charge in [-0.3, -0.25) is 4.68 Å². The van der Waals surface area contributed by atoms with Gasteiger partial charge in [0.05, 0.1) is 23.0 Å². The van der Waals surface area contributed by atoms with E-state index in [0.717, 1.165) is 16.5 Å². The molecule has 0 aliphatic carbocycles. The smallest absolute Gasteiger partial charge is 0.0834 e. The van der Waals surface area contributed by atoms with Crippen LogP contribution in [0.2, 0.25) is 5.02 Å². The first-order chi connectivity index (χ1) is 9.63. The minimum Gasteiger partial charge on any atom is -0.311 e. The van der Waals surface area contributed by atoms with Crippen molar-refractivity contribution >= 4 is 23.4 Å². The summed E-state index contributed by atoms with van der Waals surface area (Å²) in [4.78, 5) is 1.26. The number of benzene rings is 1. The summed E-state index contributed by atoms with van der Waals surface area (Å²) in [6, 6.07) is 10.9. The number of nitrogens with one attached hydrogen (secondary N) is 1. The van der Waals surface area contributed by atoms with Gasteiger partial charge in [-0.1, -0.05) is 29.8 Å². The van der Waals surface area contributed by atoms with Crippen LogP contribution in [0.1, 0.15) is 31.6 Å². The topological polar surface area (TPSA) is 29.9 Å². The van der Waals surface area contributed by atoms with Crippen LogP contribution >= 0.6 is 23.4 Å². The van der Waals surface area contributed by atoms with E-state index >= 15 is 0 Å². The second-order valence-corrected chi connectivity index (χ2v) is 6.38. The third kappa shape index (κ3) is 3.57. The maximum atomic E-state index is 6.31. The van der Waals surface area contributed by atoms with E-state index in [9.17, 15) is 0 Å². The van der Waals surface area contributed by atoms with Crippen LogP contribution in [0, 0.1) is 0 Å². The minimum atomic E-state index is 0.178. The van der Waals surface area contributed by atoms with Gasteiger partial charge in [0.15, 0.2) is 0 Å². The summed E-state index contributed by atoms with van der Waals surface area (Å²) in [7, 11) is 1.96. The highest BCUT2D eigenvalue weighted by atomic mass is 35.5. The molecule has 1 aromatic carbocycles. The van der Waals surface area contributed by atoms with Crippen molar-refractivity contribution in [3.05, 3.63) is 47.2 Å². The highest BCUT2D eigenvalue weighted by molar-refractivity contribution is 7.99. The van der Waals surface area contributed by atoms with E-state index in [1.165, 1.54) is 4.90 Å². The van der Waals surface area contributed by atoms with Crippen LogP contribution in [-0.2, 0) is 0 Å². The maximum absolute atomic E-state index is 6.31. The van der Waals surface area contributed by atoms with Crippen LogP contribution in [0.25, 0.3) is 0 Å². The Bertz CT molecular complexity index is 539. The van der Waals surface area contributed by atoms with Gasteiger partial charge >= 0.3 is 0 Å². The van der Waals surface area contributed by atoms with E-state index in [-0.39, 0.29) is 6.04 Å². The minimum absolute atomic E-state index is 0.178. The van der Waals surface area contributed by atoms with Crippen molar-refractivity contribution in [2.24, 2.45) is 0 Å². The van der Waals surface area contributed by atoms with E-state index in [0.29, 0.717) is 6.04 Å². The van der Waals surface area contributed by atoms with Crippen LogP contribution < -0.4 is 5.32 Å². The molecule has 1 unspecified atom stereocenters. The zero-order chi connectivity index (χ0) is 14.5. The summed E-state index contributed by atoms with van der Waals surface area (Å²) in [5, 5.41) is 8.45. The zero-order valence-electron chi connectivity index (χ0n) is 12.0. The molecule has 1 heterocycles. The Hall–Kier alpha value is -0.970. The second-order valence-electron chi connectivity index (χ2n) is 4.88. The average molecular weight is 310 g/mol. The van der Waals surface area contributed by atoms with Gasteiger partial charge in [0.1, 0.15) is 0 Å². The summed E-state index contributed by atoms with van der Waals surface area (Å²) >= 11 is 8.13. The average Bonchev–Trinajstić information content (AvgIpc) is 2.83. The van der Waals surface area contributed by atoms with E-state index in [1.54, 1.807) is 6.20 Å². The number of aromatic nitrogens is 2. The van der Waals surface area contributed by atoms with Gasteiger partial charge in [-0.25, -0.2) is 0 Å². The van der Waals surface area contributed by atoms with Crippen LogP contribution in [0.15, 0.2) is 41.4 Å². The predicted octanol–water partition coefficient (Wildman–Crippen LogP) is 4.17. The Kier molecular flexibility index (Phi) is 5.52. The van der Waals surface area contributed by atoms with E-state index < -0.39 is 0 Å². The first kappa shape index (κ1) is 15.4. The van der Waals surface area contributed by atoms with Gasteiger partial charge in [0.2, 0.25) is 0 Å². The molecule has 0 saturated heterocycles. The molecule has 108 valence electrons. The highest BCUT2D eigenvalue weighted by Crippen LogP contribution is 2.30. The molecule has 2 aromatic rings. The van der Waals surface area contributed by atoms with Crippen molar-refractivity contribution in [3.63, 3.8) is 0 Å². The lowest BCUT2D eigenvalue weighted by Gasteiger charge is -2.20. The van der Waals surface area contributed by atoms with Gasteiger partial charge in [0, 0.05) is 16.7 Å². The standard InChI is InChI=1S/C15H20ClN3S/c1-11(2)19-15(13(16)9-18-19)14(17-3)10-20-12-7-5-4-6-8-12/h4-9,11,14,17H,10H2,1-3H3. The number of rotatable bonds is 6. The third-order valence-electron chi connectivity index (χ3n) is 3.11. The molecule has 3 nitrogen and oxygen atoms in total. The van der Waals surface area contributed by atoms with Crippen LogP contribution in [0.3, 0.4) is 0 Å². The first-order valence-electron chi connectivity index (χ1n) is 6.71. The molecule has 0 bridgehead atoms. The Balaban J connectivity index is 2.14. The molecule has 0 aliphatic heterocycles. The Morgan fingerprint density at radius 3 is 2.60 bits per heavy atom. The molecule has 1 N–H and O–H groups in total. The molecule has 0 spiro atoms. The number of halogens is 1. The van der Waals surface area contributed by atoms with E-state index in [1.807, 2.05) is 29.6 Å². The van der Waals surface area contributed by atoms with Crippen molar-refractivity contribution in [1.82, 2.24) is 15.1 Å². The molecule has 1 aromatic heterocycles. The molecule has 0 aliphatic rings. The van der Waals surface area contributed by atoms with Gasteiger partial charge in [-0.2, -0.15) is 5.10 Å². The van der Waals surface area contributed by atoms with Crippen molar-refractivity contribution in [2.75, 3.05) is 12.8 Å². The first-order valence-corrected chi connectivity index (χ1v) is 8.08. The Morgan fingerprint density at radius 1 is 1.30 bits per heavy atom. The molecule has 2 rings (SSSR count). The lowest BCUT2D eigenvalue weighted by atomic mass is 10.2. The zero-order valence-corrected chi connectivity index (χ0v) is 13.6. The normalized spacial score (nSPS) is 12.8. The largest absolute Gasteiger partial charge is 0.311 e. The van der Waals surface area contributed by atoms with Crippen molar-refractivity contribution in [3.8, 4) is 0 Å². The van der Waals surface area contributed by atoms with Crippen LogP contribution in [-0.4, -0.2) is 22.6 Å². The maximum Gasteiger partial charge on any atom is 0.0834 e. The monoisotopic (exact) mass is 309 g/mol. The molecule has 20 heavy (non-hydrogen) atoms. The summed E-state index contributed by atoms with van der Waals surface area (Å²) in [5.74, 6) is 0.915. The molecule has 0 fully saturated rings. The molecule has 0 saturated carbocycles. The SMILES string of the molecule is CNC(CSc1ccccc1)c1c(Cl)cnn1C(C)C. The van der Waals surface area contributed by atoms with Crippen molar-refractivity contribution in [1.29, 1.82) is 0 Å². The molecule has 0 amide bonds. The van der Waals surface area contributed by atoms with Crippen LogP contribution in [0.5, 0.6) is 0 Å². The van der Waals surface area contributed by atoms with Crippen molar-refractivity contribution < 1.29 is 0 Å². The van der Waals surface area contributed by atoms with Gasteiger partial charge in [0.25, 0.3) is 0 Å². The van der Waals surface area contributed by atoms with Gasteiger partial charge in [-0.15, -0.1) is 11.8 Å². The molecular formula is C15H20ClN3S. The lowest BCUT2D eigenvalue weighted by Crippen LogP contribution is -2.23. The van der Waals surface area contributed by atoms with Gasteiger partial charge in [-0.05, 0) is 33.0 Å². The molecular weight excluding hydrogens is 290 g/mol. The molecule has 1 atom stereocenters. The summed E-state index contributed by atoms with van der Waals surface area (Å²) in [5.41, 5.74) is 1.06. The quantitative estimate of drug-likeness (QED) is 0.812. The summed E-state index contributed by atoms with van der Waals surface area (Å²) in [6.07, 6.45) is 1.73. The fourth-order valence-corrected chi connectivity index (χ4v) is 3.38. The van der Waals surface area contributed by atoms with Gasteiger partial charge < -0.3 is 5.32 Å². The molecule has 5 heteroatoms. The number of hydrogen-bond acceptors (Lipinski definition) is 3. The molecule has 0 radical (unpaired) electrons. The Labute approximate surface area is 129 Å². The second kappa shape index (κ2) is 7.16. The van der Waals surface area contributed by atoms with Crippen molar-refractivity contribution in [2.45, 2.75) is 30.8 Å². The fraction of sp³-hybridized carbons (Fsp3) is 0.400. The number of nitrogens with zero attached hydrogens (tertiary/aromatic N) is 2. The third-order valence-corrected chi connectivity index (χ3v) is 4.51. The number of hydrogen-bond donors (Lipinski definition) is 1. The summed E-state index contributed by atoms with van der Waals surface area (Å²) in [6.45, 7) is 4.23. The fourth-order valence-electron chi connectivity index (χ4n) is 2.08. The predicted molar refractivity (Wildman–Crippen MR) is 86.6 cm³/mol. The highest BCUT2D eigenvalue weighted by Gasteiger charge is 2.20. The van der Waals surface area contributed by atoms with E-state index in [4.69, 9.17) is 11.6 Å². The van der Waals surface area contributed by atoms with E-state index in [2.05, 4.69) is 48.5 Å². The summed E-state index contributed by atoms with van der Waals surface area (Å²) < 4.78 is 2.00. The van der Waals surface area contributed by atoms with Crippen LogP contribution in [0.4, 0.5) is 0 Å². The Morgan fingerprint density at radius 2 is 2.00 bits per heavy atom. The number of thioether (sulfide) groups is 1.